The topological polar surface area (TPSA) is 62.3 Å². The molecule has 0 unspecified atom stereocenters. The molecule has 1 atom stereocenters. The van der Waals surface area contributed by atoms with Crippen molar-refractivity contribution in [2.75, 3.05) is 19.6 Å². The lowest BCUT2D eigenvalue weighted by Crippen LogP contribution is -2.40. The van der Waals surface area contributed by atoms with Crippen molar-refractivity contribution in [3.05, 3.63) is 50.9 Å². The summed E-state index contributed by atoms with van der Waals surface area (Å²) in [5.74, 6) is 0.383. The summed E-state index contributed by atoms with van der Waals surface area (Å²) < 4.78 is 0. The van der Waals surface area contributed by atoms with Crippen molar-refractivity contribution < 1.29 is 9.59 Å². The first-order valence-corrected chi connectivity index (χ1v) is 10.5. The number of carbonyl (C=O) groups excluding carboxylic acids is 2. The first kappa shape index (κ1) is 19.8. The second kappa shape index (κ2) is 9.33. The molecule has 1 aromatic heterocycles. The van der Waals surface area contributed by atoms with E-state index >= 15 is 0 Å². The first-order chi connectivity index (χ1) is 13.0. The predicted octanol–water partition coefficient (Wildman–Crippen LogP) is 3.42. The SMILES string of the molecule is CC(=O)NCCc1csc([C@@H]2CCCN(C(=O)Cc3ccccc3Cl)C2)n1. The van der Waals surface area contributed by atoms with E-state index < -0.39 is 0 Å². The highest BCUT2D eigenvalue weighted by atomic mass is 35.5. The summed E-state index contributed by atoms with van der Waals surface area (Å²) in [7, 11) is 0. The van der Waals surface area contributed by atoms with E-state index in [2.05, 4.69) is 10.7 Å². The number of carbonyl (C=O) groups is 2. The van der Waals surface area contributed by atoms with E-state index in [-0.39, 0.29) is 17.7 Å². The summed E-state index contributed by atoms with van der Waals surface area (Å²) in [6, 6.07) is 7.51. The number of nitrogens with one attached hydrogen (secondary N) is 1. The highest BCUT2D eigenvalue weighted by Crippen LogP contribution is 2.30. The molecule has 144 valence electrons. The maximum Gasteiger partial charge on any atom is 0.227 e. The molecule has 5 nitrogen and oxygen atoms in total. The van der Waals surface area contributed by atoms with Crippen molar-refractivity contribution in [1.82, 2.24) is 15.2 Å². The van der Waals surface area contributed by atoms with Gasteiger partial charge in [-0.05, 0) is 24.5 Å². The van der Waals surface area contributed by atoms with E-state index in [4.69, 9.17) is 16.6 Å². The molecule has 2 aromatic rings. The lowest BCUT2D eigenvalue weighted by Gasteiger charge is -2.32. The Hall–Kier alpha value is -1.92. The summed E-state index contributed by atoms with van der Waals surface area (Å²) in [5.41, 5.74) is 1.88. The van der Waals surface area contributed by atoms with Gasteiger partial charge in [-0.3, -0.25) is 9.59 Å². The van der Waals surface area contributed by atoms with E-state index in [0.717, 1.165) is 42.1 Å². The van der Waals surface area contributed by atoms with Crippen LogP contribution >= 0.6 is 22.9 Å². The van der Waals surface area contributed by atoms with Crippen LogP contribution < -0.4 is 5.32 Å². The Morgan fingerprint density at radius 1 is 1.37 bits per heavy atom. The summed E-state index contributed by atoms with van der Waals surface area (Å²) in [5, 5.41) is 6.58. The summed E-state index contributed by atoms with van der Waals surface area (Å²) in [6.07, 6.45) is 3.11. The number of aromatic nitrogens is 1. The third-order valence-electron chi connectivity index (χ3n) is 4.75. The Labute approximate surface area is 168 Å². The minimum Gasteiger partial charge on any atom is -0.356 e. The van der Waals surface area contributed by atoms with Gasteiger partial charge in [0, 0.05) is 49.3 Å². The van der Waals surface area contributed by atoms with Gasteiger partial charge in [-0.25, -0.2) is 4.98 Å². The summed E-state index contributed by atoms with van der Waals surface area (Å²) >= 11 is 7.84. The fourth-order valence-electron chi connectivity index (χ4n) is 3.31. The average molecular weight is 406 g/mol. The standard InChI is InChI=1S/C20H24ClN3O2S/c1-14(25)22-9-8-17-13-27-20(23-17)16-6-4-10-24(12-16)19(26)11-15-5-2-3-7-18(15)21/h2-3,5,7,13,16H,4,6,8-12H2,1H3,(H,22,25)/t16-/m1/s1. The third kappa shape index (κ3) is 5.53. The zero-order valence-corrected chi connectivity index (χ0v) is 17.0. The highest BCUT2D eigenvalue weighted by Gasteiger charge is 2.27. The molecule has 1 fully saturated rings. The number of hydrogen-bond donors (Lipinski definition) is 1. The molecule has 1 N–H and O–H groups in total. The van der Waals surface area contributed by atoms with Crippen molar-refractivity contribution in [3.8, 4) is 0 Å². The number of piperidine rings is 1. The number of hydrogen-bond acceptors (Lipinski definition) is 4. The van der Waals surface area contributed by atoms with Gasteiger partial charge in [-0.1, -0.05) is 29.8 Å². The van der Waals surface area contributed by atoms with Crippen molar-refractivity contribution in [3.63, 3.8) is 0 Å². The molecule has 1 aliphatic heterocycles. The number of rotatable bonds is 6. The normalized spacial score (nSPS) is 17.0. The van der Waals surface area contributed by atoms with Gasteiger partial charge in [0.05, 0.1) is 17.1 Å². The molecule has 1 aromatic carbocycles. The number of amides is 2. The quantitative estimate of drug-likeness (QED) is 0.800. The fraction of sp³-hybridized carbons (Fsp3) is 0.450. The second-order valence-corrected chi connectivity index (χ2v) is 8.15. The Bertz CT molecular complexity index is 808. The van der Waals surface area contributed by atoms with E-state index in [1.165, 1.54) is 6.92 Å². The molecule has 3 rings (SSSR count). The van der Waals surface area contributed by atoms with Crippen LogP contribution in [0.2, 0.25) is 5.02 Å². The fourth-order valence-corrected chi connectivity index (χ4v) is 4.50. The molecular weight excluding hydrogens is 382 g/mol. The van der Waals surface area contributed by atoms with E-state index in [1.807, 2.05) is 29.2 Å². The number of halogens is 1. The minimum absolute atomic E-state index is 0.0228. The van der Waals surface area contributed by atoms with Crippen LogP contribution in [0.5, 0.6) is 0 Å². The van der Waals surface area contributed by atoms with Gasteiger partial charge in [0.2, 0.25) is 11.8 Å². The molecule has 1 aliphatic rings. The summed E-state index contributed by atoms with van der Waals surface area (Å²) in [4.78, 5) is 30.4. The Morgan fingerprint density at radius 2 is 2.19 bits per heavy atom. The number of nitrogens with zero attached hydrogens (tertiary/aromatic N) is 2. The Kier molecular flexibility index (Phi) is 6.85. The van der Waals surface area contributed by atoms with Crippen molar-refractivity contribution in [1.29, 1.82) is 0 Å². The highest BCUT2D eigenvalue weighted by molar-refractivity contribution is 7.09. The zero-order chi connectivity index (χ0) is 19.2. The molecule has 0 bridgehead atoms. The van der Waals surface area contributed by atoms with Gasteiger partial charge < -0.3 is 10.2 Å². The average Bonchev–Trinajstić information content (AvgIpc) is 3.12. The van der Waals surface area contributed by atoms with Crippen molar-refractivity contribution in [2.24, 2.45) is 0 Å². The smallest absolute Gasteiger partial charge is 0.227 e. The Balaban J connectivity index is 1.57. The third-order valence-corrected chi connectivity index (χ3v) is 6.17. The molecule has 2 amide bonds. The summed E-state index contributed by atoms with van der Waals surface area (Å²) in [6.45, 7) is 3.62. The first-order valence-electron chi connectivity index (χ1n) is 9.23. The van der Waals surface area contributed by atoms with Gasteiger partial charge in [0.1, 0.15) is 0 Å². The number of thiazole rings is 1. The molecule has 0 spiro atoms. The van der Waals surface area contributed by atoms with E-state index in [0.29, 0.717) is 24.5 Å². The zero-order valence-electron chi connectivity index (χ0n) is 15.4. The van der Waals surface area contributed by atoms with E-state index in [1.54, 1.807) is 11.3 Å². The van der Waals surface area contributed by atoms with Crippen LogP contribution in [0.1, 0.15) is 41.9 Å². The molecule has 0 radical (unpaired) electrons. The molecule has 27 heavy (non-hydrogen) atoms. The molecule has 7 heteroatoms. The van der Waals surface area contributed by atoms with Crippen LogP contribution in [0.4, 0.5) is 0 Å². The Morgan fingerprint density at radius 3 is 2.96 bits per heavy atom. The second-order valence-electron chi connectivity index (χ2n) is 6.86. The van der Waals surface area contributed by atoms with Gasteiger partial charge in [-0.15, -0.1) is 11.3 Å². The lowest BCUT2D eigenvalue weighted by atomic mass is 9.98. The molecule has 0 saturated carbocycles. The maximum absolute atomic E-state index is 12.7. The van der Waals surface area contributed by atoms with Crippen LogP contribution in [0.15, 0.2) is 29.6 Å². The monoisotopic (exact) mass is 405 g/mol. The molecular formula is C20H24ClN3O2S. The van der Waals surface area contributed by atoms with Gasteiger partial charge in [-0.2, -0.15) is 0 Å². The largest absolute Gasteiger partial charge is 0.356 e. The van der Waals surface area contributed by atoms with Crippen LogP contribution in [-0.4, -0.2) is 41.3 Å². The lowest BCUT2D eigenvalue weighted by molar-refractivity contribution is -0.131. The van der Waals surface area contributed by atoms with Gasteiger partial charge in [0.15, 0.2) is 0 Å². The minimum atomic E-state index is -0.0228. The number of benzene rings is 1. The van der Waals surface area contributed by atoms with Crippen LogP contribution in [-0.2, 0) is 22.4 Å². The van der Waals surface area contributed by atoms with Gasteiger partial charge >= 0.3 is 0 Å². The van der Waals surface area contributed by atoms with Crippen molar-refractivity contribution in [2.45, 2.75) is 38.5 Å². The number of likely N-dealkylation sites (tertiary alicyclic amines) is 1. The molecule has 0 aliphatic carbocycles. The van der Waals surface area contributed by atoms with Crippen LogP contribution in [0.25, 0.3) is 0 Å². The van der Waals surface area contributed by atoms with E-state index in [9.17, 15) is 9.59 Å². The predicted molar refractivity (Wildman–Crippen MR) is 108 cm³/mol. The van der Waals surface area contributed by atoms with Crippen LogP contribution in [0, 0.1) is 0 Å². The maximum atomic E-state index is 12.7. The van der Waals surface area contributed by atoms with Gasteiger partial charge in [0.25, 0.3) is 0 Å². The molecule has 2 heterocycles. The molecule has 1 saturated heterocycles. The van der Waals surface area contributed by atoms with Crippen LogP contribution in [0.3, 0.4) is 0 Å². The van der Waals surface area contributed by atoms with Crippen molar-refractivity contribution >= 4 is 34.8 Å².